The third-order valence-electron chi connectivity index (χ3n) is 2.49. The van der Waals surface area contributed by atoms with Crippen molar-refractivity contribution in [3.63, 3.8) is 0 Å². The number of carbonyl (C=O) groups excluding carboxylic acids is 1. The molecule has 0 spiro atoms. The number of aliphatic hydroxyl groups is 1. The lowest BCUT2D eigenvalue weighted by Crippen LogP contribution is -2.36. The molecule has 1 aliphatic carbocycles. The zero-order valence-corrected chi connectivity index (χ0v) is 7.55. The smallest absolute Gasteiger partial charge is 0.139 e. The average molecular weight is 168 g/mol. The average Bonchev–Trinajstić information content (AvgIpc) is 1.94. The predicted molar refractivity (Wildman–Crippen MR) is 47.8 cm³/mol. The van der Waals surface area contributed by atoms with Gasteiger partial charge in [0.2, 0.25) is 0 Å². The molecule has 1 fully saturated rings. The maximum Gasteiger partial charge on any atom is 0.139 e. The number of rotatable bonds is 2. The second-order valence-corrected chi connectivity index (χ2v) is 3.90. The summed E-state index contributed by atoms with van der Waals surface area (Å²) in [5, 5.41) is 9.58. The van der Waals surface area contributed by atoms with Crippen molar-refractivity contribution in [2.24, 2.45) is 5.92 Å². The van der Waals surface area contributed by atoms with Crippen LogP contribution in [0.4, 0.5) is 0 Å². The Hall–Kier alpha value is -0.630. The number of ketones is 1. The Morgan fingerprint density at radius 1 is 1.83 bits per heavy atom. The lowest BCUT2D eigenvalue weighted by molar-refractivity contribution is -0.131. The first kappa shape index (κ1) is 9.46. The Morgan fingerprint density at radius 2 is 2.50 bits per heavy atom. The van der Waals surface area contributed by atoms with Crippen molar-refractivity contribution in [3.05, 3.63) is 12.7 Å². The monoisotopic (exact) mass is 168 g/mol. The normalized spacial score (nSPS) is 36.5. The molecule has 0 aromatic heterocycles. The maximum absolute atomic E-state index is 11.4. The molecule has 0 amide bonds. The molecule has 0 saturated heterocycles. The Bertz CT molecular complexity index is 194. The molecule has 2 atom stereocenters. The zero-order chi connectivity index (χ0) is 9.19. The van der Waals surface area contributed by atoms with Gasteiger partial charge in [0.15, 0.2) is 0 Å². The summed E-state index contributed by atoms with van der Waals surface area (Å²) in [4.78, 5) is 11.4. The molecule has 1 N–H and O–H groups in total. The lowest BCUT2D eigenvalue weighted by atomic mass is 9.78. The first-order valence-electron chi connectivity index (χ1n) is 4.41. The summed E-state index contributed by atoms with van der Waals surface area (Å²) in [7, 11) is 0. The van der Waals surface area contributed by atoms with Gasteiger partial charge >= 0.3 is 0 Å². The topological polar surface area (TPSA) is 37.3 Å². The Kier molecular flexibility index (Phi) is 2.68. The molecular formula is C10H16O2. The number of carbonyl (C=O) groups is 1. The minimum Gasteiger partial charge on any atom is -0.390 e. The van der Waals surface area contributed by atoms with E-state index < -0.39 is 5.60 Å². The van der Waals surface area contributed by atoms with Crippen molar-refractivity contribution in [2.75, 3.05) is 0 Å². The summed E-state index contributed by atoms with van der Waals surface area (Å²) in [5.74, 6) is 0.300. The quantitative estimate of drug-likeness (QED) is 0.637. The van der Waals surface area contributed by atoms with E-state index in [0.29, 0.717) is 6.42 Å². The van der Waals surface area contributed by atoms with Crippen LogP contribution >= 0.6 is 0 Å². The number of allylic oxidation sites excluding steroid dienone is 1. The van der Waals surface area contributed by atoms with Crippen LogP contribution in [-0.2, 0) is 4.79 Å². The lowest BCUT2D eigenvalue weighted by Gasteiger charge is -2.31. The first-order chi connectivity index (χ1) is 5.55. The van der Waals surface area contributed by atoms with E-state index in [1.807, 2.05) is 0 Å². The standard InChI is InChI=1S/C10H16O2/c1-3-4-8-5-6-10(2,12)7-9(8)11/h3,8,12H,1,4-7H2,2H3/t8-,10+/m0/s1. The molecule has 0 bridgehead atoms. The zero-order valence-electron chi connectivity index (χ0n) is 7.55. The predicted octanol–water partition coefficient (Wildman–Crippen LogP) is 1.68. The van der Waals surface area contributed by atoms with Crippen LogP contribution in [0.1, 0.15) is 32.6 Å². The van der Waals surface area contributed by atoms with Gasteiger partial charge in [-0.05, 0) is 26.2 Å². The van der Waals surface area contributed by atoms with Gasteiger partial charge in [0.05, 0.1) is 5.60 Å². The second kappa shape index (κ2) is 3.40. The molecule has 0 heterocycles. The van der Waals surface area contributed by atoms with Crippen LogP contribution in [0.5, 0.6) is 0 Å². The summed E-state index contributed by atoms with van der Waals surface area (Å²) in [6.07, 6.45) is 4.39. The summed E-state index contributed by atoms with van der Waals surface area (Å²) in [6, 6.07) is 0. The van der Waals surface area contributed by atoms with Crippen LogP contribution in [0.15, 0.2) is 12.7 Å². The van der Waals surface area contributed by atoms with Crippen LogP contribution < -0.4 is 0 Å². The van der Waals surface area contributed by atoms with Crippen LogP contribution in [0.2, 0.25) is 0 Å². The molecule has 0 aromatic carbocycles. The van der Waals surface area contributed by atoms with E-state index in [1.165, 1.54) is 0 Å². The van der Waals surface area contributed by atoms with Gasteiger partial charge in [0.1, 0.15) is 5.78 Å². The van der Waals surface area contributed by atoms with Gasteiger partial charge in [-0.2, -0.15) is 0 Å². The minimum absolute atomic E-state index is 0.114. The minimum atomic E-state index is -0.755. The largest absolute Gasteiger partial charge is 0.390 e. The Labute approximate surface area is 73.3 Å². The molecular weight excluding hydrogens is 152 g/mol. The molecule has 0 radical (unpaired) electrons. The molecule has 2 nitrogen and oxygen atoms in total. The summed E-state index contributed by atoms with van der Waals surface area (Å²) in [5.41, 5.74) is -0.755. The van der Waals surface area contributed by atoms with E-state index in [1.54, 1.807) is 13.0 Å². The van der Waals surface area contributed by atoms with Crippen LogP contribution in [0.3, 0.4) is 0 Å². The van der Waals surface area contributed by atoms with Gasteiger partial charge < -0.3 is 5.11 Å². The molecule has 12 heavy (non-hydrogen) atoms. The van der Waals surface area contributed by atoms with E-state index >= 15 is 0 Å². The molecule has 68 valence electrons. The fraction of sp³-hybridized carbons (Fsp3) is 0.700. The summed E-state index contributed by atoms with van der Waals surface area (Å²) >= 11 is 0. The van der Waals surface area contributed by atoms with E-state index in [0.717, 1.165) is 19.3 Å². The molecule has 0 aromatic rings. The third kappa shape index (κ3) is 2.18. The molecule has 1 rings (SSSR count). The van der Waals surface area contributed by atoms with Gasteiger partial charge in [-0.3, -0.25) is 4.79 Å². The molecule has 0 aliphatic heterocycles. The number of hydrogen-bond acceptors (Lipinski definition) is 2. The number of hydrogen-bond donors (Lipinski definition) is 1. The second-order valence-electron chi connectivity index (χ2n) is 3.90. The third-order valence-corrected chi connectivity index (χ3v) is 2.49. The fourth-order valence-electron chi connectivity index (χ4n) is 1.70. The van der Waals surface area contributed by atoms with Gasteiger partial charge in [0, 0.05) is 12.3 Å². The Morgan fingerprint density at radius 3 is 3.00 bits per heavy atom. The van der Waals surface area contributed by atoms with Gasteiger partial charge in [0.25, 0.3) is 0 Å². The summed E-state index contributed by atoms with van der Waals surface area (Å²) in [6.45, 7) is 5.34. The van der Waals surface area contributed by atoms with Crippen molar-refractivity contribution >= 4 is 5.78 Å². The fourth-order valence-corrected chi connectivity index (χ4v) is 1.70. The highest BCUT2D eigenvalue weighted by atomic mass is 16.3. The van der Waals surface area contributed by atoms with Crippen molar-refractivity contribution in [1.82, 2.24) is 0 Å². The van der Waals surface area contributed by atoms with Crippen molar-refractivity contribution in [2.45, 2.75) is 38.2 Å². The molecule has 0 unspecified atom stereocenters. The van der Waals surface area contributed by atoms with Gasteiger partial charge in [-0.1, -0.05) is 6.08 Å². The highest BCUT2D eigenvalue weighted by molar-refractivity contribution is 5.82. The van der Waals surface area contributed by atoms with E-state index in [4.69, 9.17) is 0 Å². The van der Waals surface area contributed by atoms with Gasteiger partial charge in [-0.25, -0.2) is 0 Å². The van der Waals surface area contributed by atoms with Crippen molar-refractivity contribution in [3.8, 4) is 0 Å². The van der Waals surface area contributed by atoms with Gasteiger partial charge in [-0.15, -0.1) is 6.58 Å². The Balaban J connectivity index is 2.53. The number of Topliss-reactive ketones (excluding diaryl/α,β-unsaturated/α-hetero) is 1. The van der Waals surface area contributed by atoms with Crippen LogP contribution in [0.25, 0.3) is 0 Å². The highest BCUT2D eigenvalue weighted by Gasteiger charge is 2.33. The van der Waals surface area contributed by atoms with Crippen molar-refractivity contribution < 1.29 is 9.90 Å². The molecule has 1 saturated carbocycles. The van der Waals surface area contributed by atoms with Crippen LogP contribution in [0, 0.1) is 5.92 Å². The maximum atomic E-state index is 11.4. The summed E-state index contributed by atoms with van der Waals surface area (Å²) < 4.78 is 0. The highest BCUT2D eigenvalue weighted by Crippen LogP contribution is 2.30. The van der Waals surface area contributed by atoms with E-state index in [9.17, 15) is 9.90 Å². The van der Waals surface area contributed by atoms with E-state index in [-0.39, 0.29) is 11.7 Å². The van der Waals surface area contributed by atoms with Crippen molar-refractivity contribution in [1.29, 1.82) is 0 Å². The SMILES string of the molecule is C=CC[C@H]1CC[C@@](C)(O)CC1=O. The first-order valence-corrected chi connectivity index (χ1v) is 4.41. The molecule has 2 heteroatoms. The van der Waals surface area contributed by atoms with E-state index in [2.05, 4.69) is 6.58 Å². The van der Waals surface area contributed by atoms with Crippen LogP contribution in [-0.4, -0.2) is 16.5 Å². The molecule has 1 aliphatic rings.